The standard InChI is InChI=1S/C16H15NOS/c1-12(13-7-3-2-4-8-13)17-11-15(18)14-9-5-6-10-16(14)19-17/h2-10,12H,11H2,1H3. The van der Waals surface area contributed by atoms with Crippen molar-refractivity contribution in [2.45, 2.75) is 17.9 Å². The van der Waals surface area contributed by atoms with Gasteiger partial charge in [-0.3, -0.25) is 4.79 Å². The number of nitrogens with zero attached hydrogens (tertiary/aromatic N) is 1. The van der Waals surface area contributed by atoms with E-state index in [1.165, 1.54) is 5.56 Å². The molecule has 1 aliphatic heterocycles. The van der Waals surface area contributed by atoms with E-state index in [9.17, 15) is 4.79 Å². The Bertz CT molecular complexity index is 597. The summed E-state index contributed by atoms with van der Waals surface area (Å²) in [5, 5.41) is 0. The van der Waals surface area contributed by atoms with Crippen molar-refractivity contribution in [3.63, 3.8) is 0 Å². The average Bonchev–Trinajstić information content (AvgIpc) is 2.47. The molecule has 2 nitrogen and oxygen atoms in total. The molecular weight excluding hydrogens is 254 g/mol. The molecule has 1 heterocycles. The minimum atomic E-state index is 0.206. The minimum absolute atomic E-state index is 0.206. The molecule has 0 saturated carbocycles. The Morgan fingerprint density at radius 2 is 1.74 bits per heavy atom. The van der Waals surface area contributed by atoms with Crippen LogP contribution in [0, 0.1) is 0 Å². The quantitative estimate of drug-likeness (QED) is 0.770. The Kier molecular flexibility index (Phi) is 3.40. The summed E-state index contributed by atoms with van der Waals surface area (Å²) >= 11 is 1.68. The van der Waals surface area contributed by atoms with Crippen LogP contribution >= 0.6 is 11.9 Å². The van der Waals surface area contributed by atoms with Crippen molar-refractivity contribution < 1.29 is 4.79 Å². The van der Waals surface area contributed by atoms with Crippen LogP contribution in [0.3, 0.4) is 0 Å². The summed E-state index contributed by atoms with van der Waals surface area (Å²) < 4.78 is 2.15. The molecule has 0 aliphatic carbocycles. The first-order valence-electron chi connectivity index (χ1n) is 6.37. The lowest BCUT2D eigenvalue weighted by molar-refractivity contribution is 0.0952. The Labute approximate surface area is 117 Å². The van der Waals surface area contributed by atoms with Crippen molar-refractivity contribution in [1.29, 1.82) is 0 Å². The topological polar surface area (TPSA) is 20.3 Å². The van der Waals surface area contributed by atoms with Crippen LogP contribution in [-0.2, 0) is 0 Å². The maximum absolute atomic E-state index is 12.2. The molecule has 1 unspecified atom stereocenters. The summed E-state index contributed by atoms with van der Waals surface area (Å²) in [6.07, 6.45) is 0. The smallest absolute Gasteiger partial charge is 0.178 e. The van der Waals surface area contributed by atoms with E-state index in [0.29, 0.717) is 6.54 Å². The second-order valence-electron chi connectivity index (χ2n) is 4.67. The number of hydrogen-bond acceptors (Lipinski definition) is 3. The number of rotatable bonds is 2. The van der Waals surface area contributed by atoms with Gasteiger partial charge in [-0.05, 0) is 30.5 Å². The molecular formula is C16H15NOS. The van der Waals surface area contributed by atoms with E-state index < -0.39 is 0 Å². The molecule has 0 saturated heterocycles. The van der Waals surface area contributed by atoms with Crippen LogP contribution in [0.5, 0.6) is 0 Å². The zero-order valence-corrected chi connectivity index (χ0v) is 11.6. The number of hydrogen-bond donors (Lipinski definition) is 0. The number of carbonyl (C=O) groups is 1. The molecule has 3 heteroatoms. The Balaban J connectivity index is 1.87. The van der Waals surface area contributed by atoms with Crippen LogP contribution in [0.2, 0.25) is 0 Å². The fourth-order valence-electron chi connectivity index (χ4n) is 2.28. The molecule has 0 fully saturated rings. The highest BCUT2D eigenvalue weighted by molar-refractivity contribution is 7.97. The fraction of sp³-hybridized carbons (Fsp3) is 0.188. The molecule has 0 aromatic heterocycles. The van der Waals surface area contributed by atoms with E-state index in [0.717, 1.165) is 10.5 Å². The van der Waals surface area contributed by atoms with Gasteiger partial charge in [-0.2, -0.15) is 0 Å². The van der Waals surface area contributed by atoms with Gasteiger partial charge in [0.25, 0.3) is 0 Å². The van der Waals surface area contributed by atoms with Gasteiger partial charge in [-0.1, -0.05) is 48.5 Å². The molecule has 3 rings (SSSR count). The molecule has 0 radical (unpaired) electrons. The summed E-state index contributed by atoms with van der Waals surface area (Å²) in [4.78, 5) is 13.2. The summed E-state index contributed by atoms with van der Waals surface area (Å²) in [5.74, 6) is 0.206. The van der Waals surface area contributed by atoms with E-state index >= 15 is 0 Å². The first-order chi connectivity index (χ1) is 9.25. The molecule has 0 N–H and O–H groups in total. The van der Waals surface area contributed by atoms with E-state index in [-0.39, 0.29) is 11.8 Å². The van der Waals surface area contributed by atoms with Gasteiger partial charge < -0.3 is 0 Å². The van der Waals surface area contributed by atoms with Gasteiger partial charge in [0.15, 0.2) is 5.78 Å². The Hall–Kier alpha value is -1.58. The molecule has 2 aromatic carbocycles. The van der Waals surface area contributed by atoms with Crippen LogP contribution in [0.25, 0.3) is 0 Å². The van der Waals surface area contributed by atoms with Crippen LogP contribution in [0.4, 0.5) is 0 Å². The summed E-state index contributed by atoms with van der Waals surface area (Å²) in [7, 11) is 0. The lowest BCUT2D eigenvalue weighted by Crippen LogP contribution is -2.30. The largest absolute Gasteiger partial charge is 0.293 e. The second kappa shape index (κ2) is 5.19. The zero-order valence-electron chi connectivity index (χ0n) is 10.7. The highest BCUT2D eigenvalue weighted by atomic mass is 32.2. The van der Waals surface area contributed by atoms with Gasteiger partial charge >= 0.3 is 0 Å². The van der Waals surface area contributed by atoms with Crippen LogP contribution < -0.4 is 0 Å². The van der Waals surface area contributed by atoms with Crippen molar-refractivity contribution in [3.8, 4) is 0 Å². The normalized spacial score (nSPS) is 17.0. The summed E-state index contributed by atoms with van der Waals surface area (Å²) in [6.45, 7) is 2.61. The van der Waals surface area contributed by atoms with Crippen molar-refractivity contribution >= 4 is 17.7 Å². The molecule has 1 aliphatic rings. The molecule has 2 aromatic rings. The van der Waals surface area contributed by atoms with Gasteiger partial charge in [0, 0.05) is 16.5 Å². The van der Waals surface area contributed by atoms with Crippen molar-refractivity contribution in [2.24, 2.45) is 0 Å². The predicted octanol–water partition coefficient (Wildman–Crippen LogP) is 3.95. The maximum Gasteiger partial charge on any atom is 0.178 e. The summed E-state index contributed by atoms with van der Waals surface area (Å²) in [6, 6.07) is 18.4. The van der Waals surface area contributed by atoms with Crippen molar-refractivity contribution in [1.82, 2.24) is 4.31 Å². The number of ketones is 1. The van der Waals surface area contributed by atoms with E-state index in [1.54, 1.807) is 11.9 Å². The highest BCUT2D eigenvalue weighted by Gasteiger charge is 2.27. The number of fused-ring (bicyclic) bond motifs is 1. The van der Waals surface area contributed by atoms with Gasteiger partial charge in [0.1, 0.15) is 0 Å². The third kappa shape index (κ3) is 2.44. The van der Waals surface area contributed by atoms with Gasteiger partial charge in [0.2, 0.25) is 0 Å². The highest BCUT2D eigenvalue weighted by Crippen LogP contribution is 2.37. The van der Waals surface area contributed by atoms with Gasteiger partial charge in [-0.25, -0.2) is 4.31 Å². The van der Waals surface area contributed by atoms with Crippen molar-refractivity contribution in [2.75, 3.05) is 6.54 Å². The predicted molar refractivity (Wildman–Crippen MR) is 78.2 cm³/mol. The number of Topliss-reactive ketones (excluding diaryl/α,β-unsaturated/α-hetero) is 1. The van der Waals surface area contributed by atoms with Crippen molar-refractivity contribution in [3.05, 3.63) is 65.7 Å². The molecule has 0 spiro atoms. The third-order valence-electron chi connectivity index (χ3n) is 3.42. The van der Waals surface area contributed by atoms with Gasteiger partial charge in [0.05, 0.1) is 6.54 Å². The van der Waals surface area contributed by atoms with Gasteiger partial charge in [-0.15, -0.1) is 0 Å². The fourth-order valence-corrected chi connectivity index (χ4v) is 3.41. The first kappa shape index (κ1) is 12.5. The minimum Gasteiger partial charge on any atom is -0.293 e. The van der Waals surface area contributed by atoms with E-state index in [1.807, 2.05) is 42.5 Å². The monoisotopic (exact) mass is 269 g/mol. The van der Waals surface area contributed by atoms with E-state index in [4.69, 9.17) is 0 Å². The van der Waals surface area contributed by atoms with E-state index in [2.05, 4.69) is 23.4 Å². The lowest BCUT2D eigenvalue weighted by Gasteiger charge is -2.31. The Morgan fingerprint density at radius 3 is 2.53 bits per heavy atom. The van der Waals surface area contributed by atoms with Crippen LogP contribution in [-0.4, -0.2) is 16.6 Å². The number of benzene rings is 2. The lowest BCUT2D eigenvalue weighted by atomic mass is 10.1. The van der Waals surface area contributed by atoms with Crippen LogP contribution in [0.1, 0.15) is 28.9 Å². The first-order valence-corrected chi connectivity index (χ1v) is 7.15. The molecule has 96 valence electrons. The summed E-state index contributed by atoms with van der Waals surface area (Å²) in [5.41, 5.74) is 2.09. The third-order valence-corrected chi connectivity index (χ3v) is 4.65. The molecule has 19 heavy (non-hydrogen) atoms. The Morgan fingerprint density at radius 1 is 1.05 bits per heavy atom. The molecule has 0 amide bonds. The SMILES string of the molecule is CC(c1ccccc1)N1CC(=O)c2ccccc2S1. The zero-order chi connectivity index (χ0) is 13.2. The number of carbonyl (C=O) groups excluding carboxylic acids is 1. The van der Waals surface area contributed by atoms with Crippen LogP contribution in [0.15, 0.2) is 59.5 Å². The molecule has 0 bridgehead atoms. The average molecular weight is 269 g/mol. The maximum atomic E-state index is 12.2. The second-order valence-corrected chi connectivity index (χ2v) is 5.76. The molecule has 1 atom stereocenters.